The molecular weight excluding hydrogens is 184 g/mol. The predicted octanol–water partition coefficient (Wildman–Crippen LogP) is 3.57. The van der Waals surface area contributed by atoms with Gasteiger partial charge in [0.2, 0.25) is 0 Å². The molecule has 0 spiro atoms. The molecule has 0 aromatic heterocycles. The lowest BCUT2D eigenvalue weighted by Gasteiger charge is -2.09. The Morgan fingerprint density at radius 2 is 2.00 bits per heavy atom. The fourth-order valence-electron chi connectivity index (χ4n) is 1.60. The highest BCUT2D eigenvalue weighted by molar-refractivity contribution is 5.59. The van der Waals surface area contributed by atoms with Crippen molar-refractivity contribution in [1.29, 1.82) is 0 Å². The van der Waals surface area contributed by atoms with Gasteiger partial charge >= 0.3 is 0 Å². The second-order valence-corrected chi connectivity index (χ2v) is 4.06. The Bertz CT molecular complexity index is 295. The van der Waals surface area contributed by atoms with Crippen LogP contribution in [0.1, 0.15) is 38.2 Å². The molecule has 0 bridgehead atoms. The van der Waals surface area contributed by atoms with Crippen LogP contribution >= 0.6 is 0 Å². The van der Waals surface area contributed by atoms with E-state index in [1.807, 2.05) is 12.1 Å². The highest BCUT2D eigenvalue weighted by atomic mass is 14.9. The first-order chi connectivity index (χ1) is 7.24. The monoisotopic (exact) mass is 206 g/mol. The maximum atomic E-state index is 5.74. The van der Waals surface area contributed by atoms with Crippen LogP contribution in [-0.2, 0) is 0 Å². The largest absolute Gasteiger partial charge is 0.399 e. The third-order valence-electron chi connectivity index (χ3n) is 2.61. The zero-order valence-corrected chi connectivity index (χ0v) is 9.84. The summed E-state index contributed by atoms with van der Waals surface area (Å²) in [5.74, 6) is 0. The molecule has 0 saturated heterocycles. The summed E-state index contributed by atoms with van der Waals surface area (Å²) in [5, 5.41) is 3.43. The van der Waals surface area contributed by atoms with Crippen LogP contribution in [0.2, 0.25) is 0 Å². The highest BCUT2D eigenvalue weighted by Gasteiger charge is 1.97. The zero-order valence-electron chi connectivity index (χ0n) is 9.84. The standard InChI is InChI=1S/C13H22N2/c1-3-4-5-6-9-15-13-10-12(14)8-7-11(13)2/h7-8,10,15H,3-6,9,14H2,1-2H3. The molecule has 0 radical (unpaired) electrons. The lowest BCUT2D eigenvalue weighted by atomic mass is 10.1. The van der Waals surface area contributed by atoms with Crippen molar-refractivity contribution in [1.82, 2.24) is 0 Å². The van der Waals surface area contributed by atoms with Crippen LogP contribution in [0, 0.1) is 6.92 Å². The van der Waals surface area contributed by atoms with Gasteiger partial charge in [0.25, 0.3) is 0 Å². The molecule has 0 aliphatic carbocycles. The van der Waals surface area contributed by atoms with Crippen LogP contribution in [0.15, 0.2) is 18.2 Å². The van der Waals surface area contributed by atoms with Crippen LogP contribution in [-0.4, -0.2) is 6.54 Å². The molecule has 0 fully saturated rings. The van der Waals surface area contributed by atoms with Crippen LogP contribution in [0.4, 0.5) is 11.4 Å². The van der Waals surface area contributed by atoms with Gasteiger partial charge in [-0.3, -0.25) is 0 Å². The number of nitrogen functional groups attached to an aromatic ring is 1. The molecule has 0 unspecified atom stereocenters. The fraction of sp³-hybridized carbons (Fsp3) is 0.538. The summed E-state index contributed by atoms with van der Waals surface area (Å²) >= 11 is 0. The topological polar surface area (TPSA) is 38.0 Å². The highest BCUT2D eigenvalue weighted by Crippen LogP contribution is 2.18. The minimum atomic E-state index is 0.830. The molecule has 0 amide bonds. The Kier molecular flexibility index (Phi) is 5.02. The Morgan fingerprint density at radius 3 is 2.73 bits per heavy atom. The second-order valence-electron chi connectivity index (χ2n) is 4.06. The molecule has 2 heteroatoms. The third-order valence-corrected chi connectivity index (χ3v) is 2.61. The summed E-state index contributed by atoms with van der Waals surface area (Å²) in [5.41, 5.74) is 9.01. The van der Waals surface area contributed by atoms with Crippen LogP contribution in [0.3, 0.4) is 0 Å². The molecule has 15 heavy (non-hydrogen) atoms. The van der Waals surface area contributed by atoms with Gasteiger partial charge in [-0.05, 0) is 31.0 Å². The number of rotatable bonds is 6. The molecule has 1 aromatic carbocycles. The number of hydrogen-bond donors (Lipinski definition) is 2. The Labute approximate surface area is 92.9 Å². The molecular formula is C13H22N2. The number of aryl methyl sites for hydroxylation is 1. The van der Waals surface area contributed by atoms with Crippen molar-refractivity contribution in [3.63, 3.8) is 0 Å². The summed E-state index contributed by atoms with van der Waals surface area (Å²) in [6.45, 7) is 5.38. The van der Waals surface area contributed by atoms with Crippen molar-refractivity contribution in [3.8, 4) is 0 Å². The van der Waals surface area contributed by atoms with Gasteiger partial charge in [0, 0.05) is 17.9 Å². The van der Waals surface area contributed by atoms with E-state index in [9.17, 15) is 0 Å². The van der Waals surface area contributed by atoms with E-state index in [1.165, 1.54) is 36.9 Å². The van der Waals surface area contributed by atoms with Crippen molar-refractivity contribution in [2.24, 2.45) is 0 Å². The normalized spacial score (nSPS) is 10.3. The molecule has 2 nitrogen and oxygen atoms in total. The van der Waals surface area contributed by atoms with E-state index < -0.39 is 0 Å². The Balaban J connectivity index is 2.33. The first kappa shape index (κ1) is 11.9. The summed E-state index contributed by atoms with van der Waals surface area (Å²) in [6.07, 6.45) is 5.17. The molecule has 3 N–H and O–H groups in total. The minimum absolute atomic E-state index is 0.830. The summed E-state index contributed by atoms with van der Waals surface area (Å²) in [4.78, 5) is 0. The minimum Gasteiger partial charge on any atom is -0.399 e. The van der Waals surface area contributed by atoms with Crippen molar-refractivity contribution in [2.45, 2.75) is 39.5 Å². The number of nitrogens with two attached hydrogens (primary N) is 1. The first-order valence-corrected chi connectivity index (χ1v) is 5.84. The van der Waals surface area contributed by atoms with Crippen molar-refractivity contribution >= 4 is 11.4 Å². The summed E-state index contributed by atoms with van der Waals surface area (Å²) < 4.78 is 0. The summed E-state index contributed by atoms with van der Waals surface area (Å²) in [6, 6.07) is 6.01. The van der Waals surface area contributed by atoms with Crippen LogP contribution in [0.25, 0.3) is 0 Å². The van der Waals surface area contributed by atoms with Gasteiger partial charge in [0.15, 0.2) is 0 Å². The molecule has 0 saturated carbocycles. The van der Waals surface area contributed by atoms with Gasteiger partial charge in [-0.2, -0.15) is 0 Å². The molecule has 0 aliphatic rings. The van der Waals surface area contributed by atoms with Crippen molar-refractivity contribution < 1.29 is 0 Å². The number of hydrogen-bond acceptors (Lipinski definition) is 2. The van der Waals surface area contributed by atoms with Gasteiger partial charge in [-0.15, -0.1) is 0 Å². The molecule has 0 atom stereocenters. The molecule has 1 aromatic rings. The van der Waals surface area contributed by atoms with E-state index in [1.54, 1.807) is 0 Å². The van der Waals surface area contributed by atoms with Crippen molar-refractivity contribution in [3.05, 3.63) is 23.8 Å². The number of nitrogens with one attached hydrogen (secondary N) is 1. The smallest absolute Gasteiger partial charge is 0.0390 e. The zero-order chi connectivity index (χ0) is 11.1. The predicted molar refractivity (Wildman–Crippen MR) is 68.2 cm³/mol. The van der Waals surface area contributed by atoms with Crippen LogP contribution in [0.5, 0.6) is 0 Å². The Morgan fingerprint density at radius 1 is 1.20 bits per heavy atom. The van der Waals surface area contributed by atoms with E-state index in [4.69, 9.17) is 5.73 Å². The van der Waals surface area contributed by atoms with E-state index >= 15 is 0 Å². The molecule has 1 rings (SSSR count). The van der Waals surface area contributed by atoms with Crippen LogP contribution < -0.4 is 11.1 Å². The maximum absolute atomic E-state index is 5.74. The lowest BCUT2D eigenvalue weighted by Crippen LogP contribution is -2.03. The average molecular weight is 206 g/mol. The van der Waals surface area contributed by atoms with Gasteiger partial charge in [-0.25, -0.2) is 0 Å². The molecule has 84 valence electrons. The van der Waals surface area contributed by atoms with Gasteiger partial charge in [0.05, 0.1) is 0 Å². The van der Waals surface area contributed by atoms with E-state index in [0.717, 1.165) is 12.2 Å². The number of benzene rings is 1. The maximum Gasteiger partial charge on any atom is 0.0390 e. The van der Waals surface area contributed by atoms with Crippen molar-refractivity contribution in [2.75, 3.05) is 17.6 Å². The second kappa shape index (κ2) is 6.33. The van der Waals surface area contributed by atoms with E-state index in [-0.39, 0.29) is 0 Å². The fourth-order valence-corrected chi connectivity index (χ4v) is 1.60. The van der Waals surface area contributed by atoms with E-state index in [2.05, 4.69) is 25.2 Å². The quantitative estimate of drug-likeness (QED) is 0.551. The summed E-state index contributed by atoms with van der Waals surface area (Å²) in [7, 11) is 0. The lowest BCUT2D eigenvalue weighted by molar-refractivity contribution is 0.685. The van der Waals surface area contributed by atoms with E-state index in [0.29, 0.717) is 0 Å². The van der Waals surface area contributed by atoms with Gasteiger partial charge in [-0.1, -0.05) is 32.3 Å². The number of unbranched alkanes of at least 4 members (excludes halogenated alkanes) is 3. The number of anilines is 2. The molecule has 0 heterocycles. The van der Waals surface area contributed by atoms with Gasteiger partial charge < -0.3 is 11.1 Å². The third kappa shape index (κ3) is 4.24. The first-order valence-electron chi connectivity index (χ1n) is 5.84. The Hall–Kier alpha value is -1.18. The SMILES string of the molecule is CCCCCCNc1cc(N)ccc1C. The molecule has 0 aliphatic heterocycles. The van der Waals surface area contributed by atoms with Gasteiger partial charge in [0.1, 0.15) is 0 Å². The average Bonchev–Trinajstić information content (AvgIpc) is 2.23.